The van der Waals surface area contributed by atoms with Gasteiger partial charge in [-0.3, -0.25) is 4.79 Å². The van der Waals surface area contributed by atoms with Crippen LogP contribution in [0.3, 0.4) is 0 Å². The van der Waals surface area contributed by atoms with Gasteiger partial charge >= 0.3 is 5.97 Å². The van der Waals surface area contributed by atoms with Crippen LogP contribution in [-0.4, -0.2) is 31.2 Å². The van der Waals surface area contributed by atoms with Crippen LogP contribution in [0.15, 0.2) is 36.4 Å². The molecule has 0 aliphatic carbocycles. The molecule has 2 aromatic carbocycles. The van der Waals surface area contributed by atoms with Crippen LogP contribution in [0.5, 0.6) is 11.5 Å². The molecule has 0 aliphatic heterocycles. The molecule has 0 aromatic heterocycles. The van der Waals surface area contributed by atoms with Crippen molar-refractivity contribution in [3.05, 3.63) is 52.5 Å². The average Bonchev–Trinajstić information content (AvgIpc) is 2.61. The highest BCUT2D eigenvalue weighted by molar-refractivity contribution is 6.33. The molecular formula is C18H18ClNO5. The average molecular weight is 364 g/mol. The number of halogens is 1. The van der Waals surface area contributed by atoms with Crippen molar-refractivity contribution < 1.29 is 24.2 Å². The van der Waals surface area contributed by atoms with Crippen molar-refractivity contribution in [2.24, 2.45) is 0 Å². The van der Waals surface area contributed by atoms with Crippen molar-refractivity contribution in [3.8, 4) is 11.5 Å². The van der Waals surface area contributed by atoms with Gasteiger partial charge in [0.05, 0.1) is 24.8 Å². The number of carbonyl (C=O) groups excluding carboxylic acids is 1. The first-order chi connectivity index (χ1) is 11.9. The third-order valence-electron chi connectivity index (χ3n) is 3.57. The molecule has 0 spiro atoms. The second-order valence-corrected chi connectivity index (χ2v) is 5.64. The van der Waals surface area contributed by atoms with E-state index in [-0.39, 0.29) is 22.9 Å². The number of carboxylic acid groups (broad SMARTS) is 1. The second-order valence-electron chi connectivity index (χ2n) is 5.24. The molecule has 0 fully saturated rings. The van der Waals surface area contributed by atoms with Crippen LogP contribution < -0.4 is 14.8 Å². The number of rotatable bonds is 7. The highest BCUT2D eigenvalue weighted by Gasteiger charge is 2.11. The Morgan fingerprint density at radius 2 is 1.80 bits per heavy atom. The first-order valence-electron chi connectivity index (χ1n) is 7.48. The van der Waals surface area contributed by atoms with Crippen molar-refractivity contribution >= 4 is 29.2 Å². The van der Waals surface area contributed by atoms with Crippen LogP contribution >= 0.6 is 11.6 Å². The van der Waals surface area contributed by atoms with Gasteiger partial charge in [0.1, 0.15) is 0 Å². The van der Waals surface area contributed by atoms with E-state index in [1.165, 1.54) is 12.1 Å². The van der Waals surface area contributed by atoms with Crippen LogP contribution in [-0.2, 0) is 11.2 Å². The summed E-state index contributed by atoms with van der Waals surface area (Å²) >= 11 is 5.81. The largest absolute Gasteiger partial charge is 0.493 e. The fourth-order valence-corrected chi connectivity index (χ4v) is 2.48. The molecule has 2 N–H and O–H groups in total. The zero-order valence-electron chi connectivity index (χ0n) is 13.8. The van der Waals surface area contributed by atoms with E-state index in [4.69, 9.17) is 26.2 Å². The Balaban J connectivity index is 1.99. The number of hydrogen-bond acceptors (Lipinski definition) is 4. The number of ether oxygens (including phenoxy) is 2. The van der Waals surface area contributed by atoms with Gasteiger partial charge in [0.2, 0.25) is 5.91 Å². The smallest absolute Gasteiger partial charge is 0.337 e. The molecule has 7 heteroatoms. The third kappa shape index (κ3) is 4.87. The summed E-state index contributed by atoms with van der Waals surface area (Å²) in [6.07, 6.45) is 0.742. The van der Waals surface area contributed by atoms with E-state index in [1.807, 2.05) is 12.1 Å². The lowest BCUT2D eigenvalue weighted by Gasteiger charge is -2.10. The normalized spacial score (nSPS) is 10.2. The van der Waals surface area contributed by atoms with Crippen molar-refractivity contribution in [1.29, 1.82) is 0 Å². The van der Waals surface area contributed by atoms with Crippen LogP contribution in [0.2, 0.25) is 5.02 Å². The molecule has 0 atom stereocenters. The number of amides is 1. The van der Waals surface area contributed by atoms with Crippen molar-refractivity contribution in [3.63, 3.8) is 0 Å². The SMILES string of the molecule is COc1ccc(CCC(=O)Nc2ccc(Cl)c(C(=O)O)c2)cc1OC. The first kappa shape index (κ1) is 18.6. The minimum absolute atomic E-state index is 0.0562. The van der Waals surface area contributed by atoms with Gasteiger partial charge in [-0.25, -0.2) is 4.79 Å². The lowest BCUT2D eigenvalue weighted by molar-refractivity contribution is -0.116. The minimum atomic E-state index is -1.15. The lowest BCUT2D eigenvalue weighted by Crippen LogP contribution is -2.13. The molecular weight excluding hydrogens is 346 g/mol. The monoisotopic (exact) mass is 363 g/mol. The van der Waals surface area contributed by atoms with Crippen molar-refractivity contribution in [1.82, 2.24) is 0 Å². The maximum absolute atomic E-state index is 12.1. The molecule has 0 saturated heterocycles. The van der Waals surface area contributed by atoms with E-state index in [0.29, 0.717) is 23.6 Å². The third-order valence-corrected chi connectivity index (χ3v) is 3.90. The van der Waals surface area contributed by atoms with Gasteiger partial charge in [-0.05, 0) is 42.3 Å². The number of hydrogen-bond donors (Lipinski definition) is 2. The van der Waals surface area contributed by atoms with E-state index >= 15 is 0 Å². The Kier molecular flexibility index (Phi) is 6.25. The van der Waals surface area contributed by atoms with Gasteiger partial charge in [-0.2, -0.15) is 0 Å². The van der Waals surface area contributed by atoms with Crippen LogP contribution in [0.1, 0.15) is 22.3 Å². The van der Waals surface area contributed by atoms with Crippen LogP contribution in [0, 0.1) is 0 Å². The summed E-state index contributed by atoms with van der Waals surface area (Å²) < 4.78 is 10.4. The summed E-state index contributed by atoms with van der Waals surface area (Å²) in [4.78, 5) is 23.1. The predicted molar refractivity (Wildman–Crippen MR) is 94.9 cm³/mol. The Labute approximate surface area is 150 Å². The number of nitrogens with one attached hydrogen (secondary N) is 1. The Hall–Kier alpha value is -2.73. The molecule has 0 saturated carbocycles. The fraction of sp³-hybridized carbons (Fsp3) is 0.222. The number of carboxylic acids is 1. The Bertz CT molecular complexity index is 791. The van der Waals surface area contributed by atoms with E-state index in [0.717, 1.165) is 5.56 Å². The maximum Gasteiger partial charge on any atom is 0.337 e. The van der Waals surface area contributed by atoms with Gasteiger partial charge in [0.25, 0.3) is 0 Å². The summed E-state index contributed by atoms with van der Waals surface area (Å²) in [7, 11) is 3.11. The lowest BCUT2D eigenvalue weighted by atomic mass is 10.1. The maximum atomic E-state index is 12.1. The molecule has 132 valence electrons. The van der Waals surface area contributed by atoms with E-state index in [1.54, 1.807) is 26.4 Å². The molecule has 1 amide bonds. The van der Waals surface area contributed by atoms with E-state index < -0.39 is 5.97 Å². The van der Waals surface area contributed by atoms with Crippen molar-refractivity contribution in [2.45, 2.75) is 12.8 Å². The second kappa shape index (κ2) is 8.39. The quantitative estimate of drug-likeness (QED) is 0.784. The van der Waals surface area contributed by atoms with Crippen LogP contribution in [0.4, 0.5) is 5.69 Å². The molecule has 6 nitrogen and oxygen atoms in total. The number of aryl methyl sites for hydroxylation is 1. The number of benzene rings is 2. The molecule has 25 heavy (non-hydrogen) atoms. The Morgan fingerprint density at radius 1 is 1.08 bits per heavy atom. The molecule has 2 rings (SSSR count). The highest BCUT2D eigenvalue weighted by Crippen LogP contribution is 2.28. The van der Waals surface area contributed by atoms with Crippen molar-refractivity contribution in [2.75, 3.05) is 19.5 Å². The first-order valence-corrected chi connectivity index (χ1v) is 7.86. The summed E-state index contributed by atoms with van der Waals surface area (Å²) in [5.74, 6) is -0.151. The molecule has 2 aromatic rings. The summed E-state index contributed by atoms with van der Waals surface area (Å²) in [6.45, 7) is 0. The highest BCUT2D eigenvalue weighted by atomic mass is 35.5. The molecule has 0 bridgehead atoms. The molecule has 0 radical (unpaired) electrons. The molecule has 0 heterocycles. The zero-order valence-corrected chi connectivity index (χ0v) is 14.6. The predicted octanol–water partition coefficient (Wildman–Crippen LogP) is 3.63. The summed E-state index contributed by atoms with van der Waals surface area (Å²) in [6, 6.07) is 9.79. The number of anilines is 1. The van der Waals surface area contributed by atoms with Gasteiger partial charge in [-0.1, -0.05) is 17.7 Å². The number of aromatic carboxylic acids is 1. The zero-order chi connectivity index (χ0) is 18.4. The molecule has 0 unspecified atom stereocenters. The van der Waals surface area contributed by atoms with Gasteiger partial charge < -0.3 is 19.9 Å². The van der Waals surface area contributed by atoms with Crippen LogP contribution in [0.25, 0.3) is 0 Å². The van der Waals surface area contributed by atoms with Gasteiger partial charge in [0.15, 0.2) is 11.5 Å². The summed E-state index contributed by atoms with van der Waals surface area (Å²) in [5, 5.41) is 11.8. The van der Waals surface area contributed by atoms with E-state index in [2.05, 4.69) is 5.32 Å². The minimum Gasteiger partial charge on any atom is -0.493 e. The topological polar surface area (TPSA) is 84.9 Å². The fourth-order valence-electron chi connectivity index (χ4n) is 2.28. The Morgan fingerprint density at radius 3 is 2.44 bits per heavy atom. The number of carbonyl (C=O) groups is 2. The molecule has 0 aliphatic rings. The van der Waals surface area contributed by atoms with Gasteiger partial charge in [-0.15, -0.1) is 0 Å². The summed E-state index contributed by atoms with van der Waals surface area (Å²) in [5.41, 5.74) is 1.26. The van der Waals surface area contributed by atoms with E-state index in [9.17, 15) is 9.59 Å². The van der Waals surface area contributed by atoms with Gasteiger partial charge in [0, 0.05) is 12.1 Å². The number of methoxy groups -OCH3 is 2. The standard InChI is InChI=1S/C18H18ClNO5/c1-24-15-7-3-11(9-16(15)25-2)4-8-17(21)20-12-5-6-14(19)13(10-12)18(22)23/h3,5-7,9-10H,4,8H2,1-2H3,(H,20,21)(H,22,23).